The molecule has 0 radical (unpaired) electrons. The largest absolute Gasteiger partial charge is 0.478 e. The molecule has 17 heavy (non-hydrogen) atoms. The fourth-order valence-electron chi connectivity index (χ4n) is 1.72. The minimum Gasteiger partial charge on any atom is -0.478 e. The third kappa shape index (κ3) is 2.04. The molecule has 2 heterocycles. The van der Waals surface area contributed by atoms with Gasteiger partial charge < -0.3 is 9.67 Å². The summed E-state index contributed by atoms with van der Waals surface area (Å²) in [6, 6.07) is 1.75. The molecule has 5 heteroatoms. The maximum atomic E-state index is 11.2. The molecule has 0 fully saturated rings. The van der Waals surface area contributed by atoms with E-state index < -0.39 is 5.97 Å². The predicted molar refractivity (Wildman–Crippen MR) is 62.4 cm³/mol. The number of aromatic carboxylic acids is 1. The molecule has 0 amide bonds. The van der Waals surface area contributed by atoms with Crippen LogP contribution in [0.25, 0.3) is 5.69 Å². The molecule has 0 aliphatic heterocycles. The number of pyridine rings is 1. The predicted octanol–water partition coefficient (Wildman–Crippen LogP) is 1.84. The molecule has 0 aliphatic carbocycles. The zero-order valence-electron chi connectivity index (χ0n) is 9.71. The Kier molecular flexibility index (Phi) is 2.91. The maximum Gasteiger partial charge on any atom is 0.339 e. The average molecular weight is 231 g/mol. The Labute approximate surface area is 98.8 Å². The maximum absolute atomic E-state index is 11.2. The number of aromatic nitrogens is 3. The summed E-state index contributed by atoms with van der Waals surface area (Å²) in [5, 5.41) is 9.15. The number of aryl methyl sites for hydroxylation is 2. The Hall–Kier alpha value is -2.17. The Morgan fingerprint density at radius 1 is 1.47 bits per heavy atom. The van der Waals surface area contributed by atoms with Gasteiger partial charge in [-0.05, 0) is 13.0 Å². The third-order valence-corrected chi connectivity index (χ3v) is 2.54. The number of hydrogen-bond donors (Lipinski definition) is 1. The van der Waals surface area contributed by atoms with Crippen molar-refractivity contribution in [2.75, 3.05) is 0 Å². The zero-order valence-corrected chi connectivity index (χ0v) is 9.71. The van der Waals surface area contributed by atoms with Crippen LogP contribution < -0.4 is 0 Å². The second-order valence-electron chi connectivity index (χ2n) is 3.72. The lowest BCUT2D eigenvalue weighted by atomic mass is 10.2. The van der Waals surface area contributed by atoms with Crippen molar-refractivity contribution in [1.82, 2.24) is 14.5 Å². The van der Waals surface area contributed by atoms with E-state index in [4.69, 9.17) is 5.11 Å². The highest BCUT2D eigenvalue weighted by atomic mass is 16.4. The Bertz CT molecular complexity index is 561. The standard InChI is InChI=1S/C12H13N3O2/c1-3-11-13-4-5-15(11)10-6-8(2)14-7-9(10)12(16)17/h4-7H,3H2,1-2H3,(H,16,17). The van der Waals surface area contributed by atoms with Gasteiger partial charge in [0.15, 0.2) is 0 Å². The van der Waals surface area contributed by atoms with Crippen molar-refractivity contribution < 1.29 is 9.90 Å². The molecule has 0 atom stereocenters. The van der Waals surface area contributed by atoms with Gasteiger partial charge in [0.25, 0.3) is 0 Å². The van der Waals surface area contributed by atoms with E-state index in [2.05, 4.69) is 9.97 Å². The first-order valence-electron chi connectivity index (χ1n) is 5.36. The zero-order chi connectivity index (χ0) is 12.4. The van der Waals surface area contributed by atoms with Crippen LogP contribution in [0.4, 0.5) is 0 Å². The van der Waals surface area contributed by atoms with Crippen LogP contribution in [0, 0.1) is 6.92 Å². The van der Waals surface area contributed by atoms with Gasteiger partial charge in [-0.2, -0.15) is 0 Å². The minimum absolute atomic E-state index is 0.184. The van der Waals surface area contributed by atoms with Crippen LogP contribution in [0.3, 0.4) is 0 Å². The normalized spacial score (nSPS) is 10.5. The molecule has 0 saturated carbocycles. The Balaban J connectivity index is 2.65. The summed E-state index contributed by atoms with van der Waals surface area (Å²) in [6.07, 6.45) is 5.56. The van der Waals surface area contributed by atoms with E-state index in [1.54, 1.807) is 23.0 Å². The van der Waals surface area contributed by atoms with Gasteiger partial charge in [-0.1, -0.05) is 6.92 Å². The minimum atomic E-state index is -0.983. The first-order chi connectivity index (χ1) is 8.13. The van der Waals surface area contributed by atoms with Gasteiger partial charge in [0.1, 0.15) is 11.4 Å². The van der Waals surface area contributed by atoms with Gasteiger partial charge >= 0.3 is 5.97 Å². The molecule has 0 bridgehead atoms. The van der Waals surface area contributed by atoms with Crippen LogP contribution >= 0.6 is 0 Å². The van der Waals surface area contributed by atoms with Crippen LogP contribution in [0.1, 0.15) is 28.8 Å². The van der Waals surface area contributed by atoms with Gasteiger partial charge in [0, 0.05) is 30.7 Å². The van der Waals surface area contributed by atoms with Crippen LogP contribution in [0.2, 0.25) is 0 Å². The highest BCUT2D eigenvalue weighted by Gasteiger charge is 2.14. The molecular weight excluding hydrogens is 218 g/mol. The van der Waals surface area contributed by atoms with Gasteiger partial charge in [-0.15, -0.1) is 0 Å². The molecule has 88 valence electrons. The number of nitrogens with zero attached hydrogens (tertiary/aromatic N) is 3. The average Bonchev–Trinajstić information content (AvgIpc) is 2.76. The van der Waals surface area contributed by atoms with Crippen molar-refractivity contribution in [3.63, 3.8) is 0 Å². The summed E-state index contributed by atoms with van der Waals surface area (Å²) in [6.45, 7) is 3.81. The molecular formula is C12H13N3O2. The molecule has 2 aromatic heterocycles. The van der Waals surface area contributed by atoms with Crippen molar-refractivity contribution in [2.24, 2.45) is 0 Å². The molecule has 5 nitrogen and oxygen atoms in total. The van der Waals surface area contributed by atoms with Crippen molar-refractivity contribution in [3.05, 3.63) is 41.7 Å². The molecule has 0 unspecified atom stereocenters. The summed E-state index contributed by atoms with van der Waals surface area (Å²) in [4.78, 5) is 19.4. The van der Waals surface area contributed by atoms with E-state index in [0.29, 0.717) is 5.69 Å². The fourth-order valence-corrected chi connectivity index (χ4v) is 1.72. The number of carboxylic acid groups (broad SMARTS) is 1. The molecule has 0 spiro atoms. The first kappa shape index (κ1) is 11.3. The number of imidazole rings is 1. The van der Waals surface area contributed by atoms with Crippen LogP contribution in [0.15, 0.2) is 24.7 Å². The van der Waals surface area contributed by atoms with Gasteiger partial charge in [-0.3, -0.25) is 4.98 Å². The number of carboxylic acids is 1. The summed E-state index contributed by atoms with van der Waals surface area (Å²) in [5.41, 5.74) is 1.57. The summed E-state index contributed by atoms with van der Waals surface area (Å²) < 4.78 is 1.79. The summed E-state index contributed by atoms with van der Waals surface area (Å²) >= 11 is 0. The topological polar surface area (TPSA) is 68.0 Å². The quantitative estimate of drug-likeness (QED) is 0.875. The van der Waals surface area contributed by atoms with E-state index in [-0.39, 0.29) is 5.56 Å². The van der Waals surface area contributed by atoms with Crippen LogP contribution in [-0.4, -0.2) is 25.6 Å². The van der Waals surface area contributed by atoms with Crippen molar-refractivity contribution in [2.45, 2.75) is 20.3 Å². The van der Waals surface area contributed by atoms with Gasteiger partial charge in [0.2, 0.25) is 0 Å². The second kappa shape index (κ2) is 4.37. The van der Waals surface area contributed by atoms with E-state index in [9.17, 15) is 4.79 Å². The number of hydrogen-bond acceptors (Lipinski definition) is 3. The van der Waals surface area contributed by atoms with Crippen LogP contribution in [0.5, 0.6) is 0 Å². The number of carbonyl (C=O) groups is 1. The third-order valence-electron chi connectivity index (χ3n) is 2.54. The molecule has 0 saturated heterocycles. The van der Waals surface area contributed by atoms with E-state index in [0.717, 1.165) is 17.9 Å². The van der Waals surface area contributed by atoms with Crippen LogP contribution in [-0.2, 0) is 6.42 Å². The SMILES string of the molecule is CCc1nccn1-c1cc(C)ncc1C(=O)O. The summed E-state index contributed by atoms with van der Waals surface area (Å²) in [7, 11) is 0. The molecule has 2 aromatic rings. The Morgan fingerprint density at radius 2 is 2.24 bits per heavy atom. The highest BCUT2D eigenvalue weighted by molar-refractivity contribution is 5.91. The van der Waals surface area contributed by atoms with Gasteiger partial charge in [-0.25, -0.2) is 9.78 Å². The highest BCUT2D eigenvalue weighted by Crippen LogP contribution is 2.17. The molecule has 1 N–H and O–H groups in total. The lowest BCUT2D eigenvalue weighted by Crippen LogP contribution is -2.08. The van der Waals surface area contributed by atoms with E-state index in [1.165, 1.54) is 6.20 Å². The van der Waals surface area contributed by atoms with Crippen molar-refractivity contribution in [1.29, 1.82) is 0 Å². The molecule has 0 aliphatic rings. The second-order valence-corrected chi connectivity index (χ2v) is 3.72. The van der Waals surface area contributed by atoms with Crippen molar-refractivity contribution in [3.8, 4) is 5.69 Å². The van der Waals surface area contributed by atoms with Gasteiger partial charge in [0.05, 0.1) is 5.69 Å². The molecule has 0 aromatic carbocycles. The molecule has 2 rings (SSSR count). The smallest absolute Gasteiger partial charge is 0.339 e. The monoisotopic (exact) mass is 231 g/mol. The van der Waals surface area contributed by atoms with Crippen molar-refractivity contribution >= 4 is 5.97 Å². The summed E-state index contributed by atoms with van der Waals surface area (Å²) in [5.74, 6) is -0.152. The lowest BCUT2D eigenvalue weighted by molar-refractivity contribution is 0.0696. The number of rotatable bonds is 3. The Morgan fingerprint density at radius 3 is 2.88 bits per heavy atom. The van der Waals surface area contributed by atoms with E-state index >= 15 is 0 Å². The lowest BCUT2D eigenvalue weighted by Gasteiger charge is -2.10. The fraction of sp³-hybridized carbons (Fsp3) is 0.250. The first-order valence-corrected chi connectivity index (χ1v) is 5.36. The van der Waals surface area contributed by atoms with E-state index in [1.807, 2.05) is 13.8 Å².